The number of nitrogens with zero attached hydrogens (tertiary/aromatic N) is 2. The van der Waals surface area contributed by atoms with Crippen molar-refractivity contribution in [3.8, 4) is 11.5 Å². The Kier molecular flexibility index (Phi) is 6.42. The Hall–Kier alpha value is -1.83. The van der Waals surface area contributed by atoms with Gasteiger partial charge in [-0.2, -0.15) is 0 Å². The van der Waals surface area contributed by atoms with Crippen LogP contribution in [0.2, 0.25) is 0 Å². The molecule has 24 heavy (non-hydrogen) atoms. The minimum atomic E-state index is -0.565. The van der Waals surface area contributed by atoms with E-state index in [1.165, 1.54) is 0 Å². The molecule has 1 aromatic carbocycles. The molecule has 0 radical (unpaired) electrons. The van der Waals surface area contributed by atoms with Gasteiger partial charge in [0.25, 0.3) is 5.91 Å². The predicted octanol–water partition coefficient (Wildman–Crippen LogP) is 0.170. The summed E-state index contributed by atoms with van der Waals surface area (Å²) in [6, 6.07) is 5.17. The number of likely N-dealkylation sites (N-methyl/N-ethyl adjacent to an activating group) is 1. The number of carbonyl (C=O) groups excluding carboxylic acids is 1. The fourth-order valence-corrected chi connectivity index (χ4v) is 2.97. The van der Waals surface area contributed by atoms with E-state index in [9.17, 15) is 9.90 Å². The first-order chi connectivity index (χ1) is 11.5. The van der Waals surface area contributed by atoms with E-state index in [1.54, 1.807) is 30.2 Å². The minimum Gasteiger partial charge on any atom is -0.497 e. The maximum absolute atomic E-state index is 12.9. The van der Waals surface area contributed by atoms with Crippen LogP contribution < -0.4 is 15.2 Å². The molecule has 1 heterocycles. The number of nitrogens with two attached hydrogens (primary N) is 1. The Morgan fingerprint density at radius 1 is 1.46 bits per heavy atom. The van der Waals surface area contributed by atoms with E-state index in [0.717, 1.165) is 6.42 Å². The van der Waals surface area contributed by atoms with Gasteiger partial charge in [0.1, 0.15) is 18.1 Å². The number of carbonyl (C=O) groups is 1. The van der Waals surface area contributed by atoms with Crippen molar-refractivity contribution in [2.24, 2.45) is 5.73 Å². The highest BCUT2D eigenvalue weighted by molar-refractivity contribution is 5.97. The molecule has 7 nitrogen and oxygen atoms in total. The first-order valence-corrected chi connectivity index (χ1v) is 8.12. The number of amides is 1. The number of rotatable bonds is 6. The van der Waals surface area contributed by atoms with Crippen molar-refractivity contribution in [2.45, 2.75) is 18.6 Å². The molecule has 0 aliphatic carbocycles. The Labute approximate surface area is 142 Å². The van der Waals surface area contributed by atoms with Gasteiger partial charge in [-0.1, -0.05) is 0 Å². The molecule has 7 heteroatoms. The van der Waals surface area contributed by atoms with Crippen LogP contribution in [0, 0.1) is 0 Å². The number of methoxy groups -OCH3 is 1. The Morgan fingerprint density at radius 2 is 2.21 bits per heavy atom. The summed E-state index contributed by atoms with van der Waals surface area (Å²) >= 11 is 0. The first-order valence-electron chi connectivity index (χ1n) is 8.12. The highest BCUT2D eigenvalue weighted by Gasteiger charge is 2.32. The third-order valence-electron chi connectivity index (χ3n) is 4.29. The third-order valence-corrected chi connectivity index (χ3v) is 4.29. The van der Waals surface area contributed by atoms with E-state index in [4.69, 9.17) is 15.2 Å². The van der Waals surface area contributed by atoms with E-state index in [0.29, 0.717) is 43.3 Å². The van der Waals surface area contributed by atoms with Crippen molar-refractivity contribution in [2.75, 3.05) is 47.4 Å². The largest absolute Gasteiger partial charge is 0.497 e. The SMILES string of the molecule is COc1ccc(C(=O)N2CC[C@H](N(C)C)[C@@H](O)C2)c(OCCN)c1. The smallest absolute Gasteiger partial charge is 0.257 e. The van der Waals surface area contributed by atoms with Crippen LogP contribution in [0.5, 0.6) is 11.5 Å². The van der Waals surface area contributed by atoms with Gasteiger partial charge in [0, 0.05) is 31.7 Å². The van der Waals surface area contributed by atoms with Crippen LogP contribution in [-0.2, 0) is 0 Å². The second-order valence-electron chi connectivity index (χ2n) is 6.14. The third kappa shape index (κ3) is 4.17. The molecule has 1 aliphatic heterocycles. The zero-order chi connectivity index (χ0) is 17.7. The molecule has 1 aliphatic rings. The van der Waals surface area contributed by atoms with Gasteiger partial charge in [0.15, 0.2) is 0 Å². The van der Waals surface area contributed by atoms with E-state index < -0.39 is 6.10 Å². The molecule has 3 N–H and O–H groups in total. The number of β-amino-alcohol motifs (C(OH)–C–C–N with tert-alkyl or cyclic N) is 1. The standard InChI is InChI=1S/C17H27N3O4/c1-19(2)14-6-8-20(11-15(14)21)17(22)13-5-4-12(23-3)10-16(13)24-9-7-18/h4-5,10,14-15,21H,6-9,11,18H2,1-3H3/t14-,15-/m0/s1. The van der Waals surface area contributed by atoms with Gasteiger partial charge in [-0.25, -0.2) is 0 Å². The summed E-state index contributed by atoms with van der Waals surface area (Å²) in [6.07, 6.45) is 0.166. The van der Waals surface area contributed by atoms with E-state index in [-0.39, 0.29) is 11.9 Å². The highest BCUT2D eigenvalue weighted by Crippen LogP contribution is 2.27. The molecule has 1 saturated heterocycles. The molecule has 2 atom stereocenters. The summed E-state index contributed by atoms with van der Waals surface area (Å²) in [7, 11) is 5.44. The van der Waals surface area contributed by atoms with Crippen molar-refractivity contribution in [3.63, 3.8) is 0 Å². The van der Waals surface area contributed by atoms with Crippen LogP contribution in [0.1, 0.15) is 16.8 Å². The monoisotopic (exact) mass is 337 g/mol. The normalized spacial score (nSPS) is 21.0. The number of piperidine rings is 1. The van der Waals surface area contributed by atoms with Gasteiger partial charge in [-0.15, -0.1) is 0 Å². The lowest BCUT2D eigenvalue weighted by Crippen LogP contribution is -2.53. The molecule has 0 aromatic heterocycles. The summed E-state index contributed by atoms with van der Waals surface area (Å²) in [5.74, 6) is 0.917. The quantitative estimate of drug-likeness (QED) is 0.769. The van der Waals surface area contributed by atoms with Gasteiger partial charge < -0.3 is 30.1 Å². The molecule has 1 aromatic rings. The number of ether oxygens (including phenoxy) is 2. The summed E-state index contributed by atoms with van der Waals surface area (Å²) in [5, 5.41) is 10.3. The number of aliphatic hydroxyl groups is 1. The van der Waals surface area contributed by atoms with Crippen molar-refractivity contribution in [3.05, 3.63) is 23.8 Å². The topological polar surface area (TPSA) is 88.3 Å². The highest BCUT2D eigenvalue weighted by atomic mass is 16.5. The van der Waals surface area contributed by atoms with Gasteiger partial charge in [0.05, 0.1) is 18.8 Å². The Bertz CT molecular complexity index is 565. The molecular formula is C17H27N3O4. The maximum Gasteiger partial charge on any atom is 0.257 e. The molecule has 0 bridgehead atoms. The second kappa shape index (κ2) is 8.32. The van der Waals surface area contributed by atoms with Crippen LogP contribution in [0.25, 0.3) is 0 Å². The fourth-order valence-electron chi connectivity index (χ4n) is 2.97. The molecule has 1 amide bonds. The number of hydrogen-bond acceptors (Lipinski definition) is 6. The number of likely N-dealkylation sites (tertiary alicyclic amines) is 1. The molecule has 2 rings (SSSR count). The van der Waals surface area contributed by atoms with Crippen molar-refractivity contribution in [1.29, 1.82) is 0 Å². The number of benzene rings is 1. The summed E-state index contributed by atoms with van der Waals surface area (Å²) < 4.78 is 10.8. The Morgan fingerprint density at radius 3 is 2.79 bits per heavy atom. The number of hydrogen-bond donors (Lipinski definition) is 2. The van der Waals surface area contributed by atoms with Crippen molar-refractivity contribution in [1.82, 2.24) is 9.80 Å². The molecule has 0 saturated carbocycles. The maximum atomic E-state index is 12.9. The molecule has 134 valence electrons. The van der Waals surface area contributed by atoms with Gasteiger partial charge >= 0.3 is 0 Å². The van der Waals surface area contributed by atoms with Crippen LogP contribution in [0.3, 0.4) is 0 Å². The van der Waals surface area contributed by atoms with Gasteiger partial charge in [-0.3, -0.25) is 4.79 Å². The summed E-state index contributed by atoms with van der Waals surface area (Å²) in [6.45, 7) is 1.59. The second-order valence-corrected chi connectivity index (χ2v) is 6.14. The van der Waals surface area contributed by atoms with Crippen LogP contribution >= 0.6 is 0 Å². The predicted molar refractivity (Wildman–Crippen MR) is 91.5 cm³/mol. The van der Waals surface area contributed by atoms with Crippen LogP contribution in [0.4, 0.5) is 0 Å². The summed E-state index contributed by atoms with van der Waals surface area (Å²) in [5.41, 5.74) is 5.95. The van der Waals surface area contributed by atoms with E-state index in [1.807, 2.05) is 19.0 Å². The molecule has 0 spiro atoms. The van der Waals surface area contributed by atoms with Gasteiger partial charge in [0.2, 0.25) is 0 Å². The molecule has 0 unspecified atom stereocenters. The fraction of sp³-hybridized carbons (Fsp3) is 0.588. The Balaban J connectivity index is 2.17. The minimum absolute atomic E-state index is 0.0675. The molecule has 1 fully saturated rings. The lowest BCUT2D eigenvalue weighted by molar-refractivity contribution is 0.00592. The zero-order valence-corrected chi connectivity index (χ0v) is 14.6. The van der Waals surface area contributed by atoms with Gasteiger partial charge in [-0.05, 0) is 32.6 Å². The van der Waals surface area contributed by atoms with Crippen LogP contribution in [-0.4, -0.2) is 80.4 Å². The van der Waals surface area contributed by atoms with E-state index in [2.05, 4.69) is 0 Å². The van der Waals surface area contributed by atoms with Crippen molar-refractivity contribution < 1.29 is 19.4 Å². The first kappa shape index (κ1) is 18.5. The number of aliphatic hydroxyl groups excluding tert-OH is 1. The van der Waals surface area contributed by atoms with Crippen molar-refractivity contribution >= 4 is 5.91 Å². The van der Waals surface area contributed by atoms with E-state index >= 15 is 0 Å². The average molecular weight is 337 g/mol. The lowest BCUT2D eigenvalue weighted by atomic mass is 10.00. The van der Waals surface area contributed by atoms with Crippen LogP contribution in [0.15, 0.2) is 18.2 Å². The summed E-state index contributed by atoms with van der Waals surface area (Å²) in [4.78, 5) is 16.5. The molecular weight excluding hydrogens is 310 g/mol. The zero-order valence-electron chi connectivity index (χ0n) is 14.6. The lowest BCUT2D eigenvalue weighted by Gasteiger charge is -2.39. The average Bonchev–Trinajstić information content (AvgIpc) is 2.58.